The van der Waals surface area contributed by atoms with Gasteiger partial charge in [0.25, 0.3) is 0 Å². The van der Waals surface area contributed by atoms with Gasteiger partial charge >= 0.3 is 0 Å². The Morgan fingerprint density at radius 3 is 1.95 bits per heavy atom. The maximum Gasteiger partial charge on any atom is 0.225 e. The highest BCUT2D eigenvalue weighted by Gasteiger charge is 2.21. The molecule has 106 valence electrons. The molecule has 1 fully saturated rings. The Bertz CT molecular complexity index is 397. The molecule has 2 rings (SSSR count). The molecular formula is C15H26N4. The predicted octanol–water partition coefficient (Wildman–Crippen LogP) is 2.30. The van der Waals surface area contributed by atoms with Crippen molar-refractivity contribution in [2.24, 2.45) is 0 Å². The summed E-state index contributed by atoms with van der Waals surface area (Å²) in [5, 5.41) is 0. The summed E-state index contributed by atoms with van der Waals surface area (Å²) in [7, 11) is 0. The summed E-state index contributed by atoms with van der Waals surface area (Å²) in [6, 6.07) is 0.631. The van der Waals surface area contributed by atoms with E-state index in [2.05, 4.69) is 54.4 Å². The number of hydrogen-bond donors (Lipinski definition) is 0. The summed E-state index contributed by atoms with van der Waals surface area (Å²) in [5.41, 5.74) is 1.31. The number of aromatic nitrogens is 2. The van der Waals surface area contributed by atoms with Crippen LogP contribution in [0.1, 0.15) is 40.2 Å². The molecule has 0 atom stereocenters. The fourth-order valence-corrected chi connectivity index (χ4v) is 2.31. The summed E-state index contributed by atoms with van der Waals surface area (Å²) in [5.74, 6) is 0.872. The zero-order valence-electron chi connectivity index (χ0n) is 12.8. The largest absolute Gasteiger partial charge is 0.338 e. The molecule has 1 aliphatic heterocycles. The molecule has 1 saturated heterocycles. The molecule has 0 spiro atoms. The maximum absolute atomic E-state index is 4.54. The van der Waals surface area contributed by atoms with Gasteiger partial charge in [-0.25, -0.2) is 9.97 Å². The summed E-state index contributed by atoms with van der Waals surface area (Å²) in [6.07, 6.45) is 3.94. The van der Waals surface area contributed by atoms with Crippen LogP contribution in [0.25, 0.3) is 0 Å². The van der Waals surface area contributed by atoms with Crippen LogP contribution in [0.15, 0.2) is 12.4 Å². The van der Waals surface area contributed by atoms with Crippen LogP contribution in [0.2, 0.25) is 0 Å². The van der Waals surface area contributed by atoms with E-state index in [0.717, 1.165) is 32.1 Å². The van der Waals surface area contributed by atoms with Crippen LogP contribution in [-0.2, 0) is 5.41 Å². The second-order valence-electron chi connectivity index (χ2n) is 6.64. The van der Waals surface area contributed by atoms with Gasteiger partial charge in [0.15, 0.2) is 0 Å². The van der Waals surface area contributed by atoms with Crippen molar-refractivity contribution in [2.75, 3.05) is 31.1 Å². The summed E-state index contributed by atoms with van der Waals surface area (Å²) < 4.78 is 0. The summed E-state index contributed by atoms with van der Waals surface area (Å²) in [4.78, 5) is 13.9. The van der Waals surface area contributed by atoms with Gasteiger partial charge in [-0.05, 0) is 24.8 Å². The lowest BCUT2D eigenvalue weighted by atomic mass is 9.89. The van der Waals surface area contributed by atoms with Crippen molar-refractivity contribution in [3.05, 3.63) is 18.0 Å². The van der Waals surface area contributed by atoms with Gasteiger partial charge in [-0.3, -0.25) is 4.90 Å². The molecule has 0 saturated carbocycles. The molecule has 2 heterocycles. The van der Waals surface area contributed by atoms with Crippen LogP contribution in [0.5, 0.6) is 0 Å². The number of hydrogen-bond acceptors (Lipinski definition) is 4. The molecule has 0 amide bonds. The first-order valence-electron chi connectivity index (χ1n) is 7.19. The van der Waals surface area contributed by atoms with Gasteiger partial charge in [0.2, 0.25) is 5.95 Å². The van der Waals surface area contributed by atoms with Crippen LogP contribution in [0.3, 0.4) is 0 Å². The zero-order valence-corrected chi connectivity index (χ0v) is 12.8. The fourth-order valence-electron chi connectivity index (χ4n) is 2.31. The molecule has 0 aromatic carbocycles. The van der Waals surface area contributed by atoms with Gasteiger partial charge in [0.05, 0.1) is 0 Å². The smallest absolute Gasteiger partial charge is 0.225 e. The van der Waals surface area contributed by atoms with Crippen LogP contribution in [0, 0.1) is 0 Å². The molecule has 0 aliphatic carbocycles. The van der Waals surface area contributed by atoms with Crippen molar-refractivity contribution in [1.82, 2.24) is 14.9 Å². The van der Waals surface area contributed by atoms with Crippen molar-refractivity contribution in [2.45, 2.75) is 46.1 Å². The first kappa shape index (κ1) is 14.3. The SMILES string of the molecule is CC(C)N1CCN(c2ncc(C(C)(C)C)cn2)CC1. The van der Waals surface area contributed by atoms with Crippen molar-refractivity contribution in [3.63, 3.8) is 0 Å². The Morgan fingerprint density at radius 1 is 1.00 bits per heavy atom. The van der Waals surface area contributed by atoms with E-state index in [0.29, 0.717) is 6.04 Å². The quantitative estimate of drug-likeness (QED) is 0.818. The maximum atomic E-state index is 4.54. The molecule has 4 nitrogen and oxygen atoms in total. The lowest BCUT2D eigenvalue weighted by Gasteiger charge is -2.37. The minimum atomic E-state index is 0.120. The normalized spacial score (nSPS) is 18.1. The Kier molecular flexibility index (Phi) is 4.09. The second-order valence-corrected chi connectivity index (χ2v) is 6.64. The van der Waals surface area contributed by atoms with E-state index in [1.54, 1.807) is 0 Å². The van der Waals surface area contributed by atoms with Gasteiger partial charge in [-0.1, -0.05) is 20.8 Å². The third-order valence-corrected chi connectivity index (χ3v) is 3.83. The number of piperazine rings is 1. The number of rotatable bonds is 2. The van der Waals surface area contributed by atoms with Crippen LogP contribution >= 0.6 is 0 Å². The average Bonchev–Trinajstić information content (AvgIpc) is 2.38. The molecule has 1 aromatic rings. The Hall–Kier alpha value is -1.16. The van der Waals surface area contributed by atoms with Crippen LogP contribution in [0.4, 0.5) is 5.95 Å². The minimum Gasteiger partial charge on any atom is -0.338 e. The number of anilines is 1. The van der Waals surface area contributed by atoms with E-state index in [1.165, 1.54) is 5.56 Å². The van der Waals surface area contributed by atoms with E-state index in [1.807, 2.05) is 12.4 Å². The predicted molar refractivity (Wildman–Crippen MR) is 79.7 cm³/mol. The zero-order chi connectivity index (χ0) is 14.0. The third kappa shape index (κ3) is 3.44. The molecule has 0 unspecified atom stereocenters. The van der Waals surface area contributed by atoms with E-state index >= 15 is 0 Å². The van der Waals surface area contributed by atoms with Gasteiger partial charge in [-0.2, -0.15) is 0 Å². The standard InChI is InChI=1S/C15H26N4/c1-12(2)18-6-8-19(9-7-18)14-16-10-13(11-17-14)15(3,4)5/h10-12H,6-9H2,1-5H3. The van der Waals surface area contributed by atoms with Gasteiger partial charge in [0.1, 0.15) is 0 Å². The number of nitrogens with zero attached hydrogens (tertiary/aromatic N) is 4. The second kappa shape index (κ2) is 5.45. The van der Waals surface area contributed by atoms with E-state index in [9.17, 15) is 0 Å². The average molecular weight is 262 g/mol. The first-order valence-corrected chi connectivity index (χ1v) is 7.19. The molecule has 1 aromatic heterocycles. The molecule has 0 N–H and O–H groups in total. The van der Waals surface area contributed by atoms with E-state index in [4.69, 9.17) is 0 Å². The molecule has 19 heavy (non-hydrogen) atoms. The molecule has 0 bridgehead atoms. The molecule has 1 aliphatic rings. The lowest BCUT2D eigenvalue weighted by Crippen LogP contribution is -2.49. The Morgan fingerprint density at radius 2 is 1.53 bits per heavy atom. The molecule has 4 heteroatoms. The highest BCUT2D eigenvalue weighted by atomic mass is 15.3. The van der Waals surface area contributed by atoms with Crippen molar-refractivity contribution in [3.8, 4) is 0 Å². The summed E-state index contributed by atoms with van der Waals surface area (Å²) in [6.45, 7) is 15.3. The van der Waals surface area contributed by atoms with Crippen LogP contribution in [-0.4, -0.2) is 47.1 Å². The van der Waals surface area contributed by atoms with Crippen LogP contribution < -0.4 is 4.90 Å². The van der Waals surface area contributed by atoms with E-state index < -0.39 is 0 Å². The minimum absolute atomic E-state index is 0.120. The van der Waals surface area contributed by atoms with Crippen molar-refractivity contribution >= 4 is 5.95 Å². The molecule has 0 radical (unpaired) electrons. The topological polar surface area (TPSA) is 32.3 Å². The fraction of sp³-hybridized carbons (Fsp3) is 0.733. The van der Waals surface area contributed by atoms with Crippen molar-refractivity contribution in [1.29, 1.82) is 0 Å². The summed E-state index contributed by atoms with van der Waals surface area (Å²) >= 11 is 0. The van der Waals surface area contributed by atoms with Crippen molar-refractivity contribution < 1.29 is 0 Å². The van der Waals surface area contributed by atoms with Gasteiger partial charge in [-0.15, -0.1) is 0 Å². The van der Waals surface area contributed by atoms with Gasteiger partial charge in [0, 0.05) is 44.6 Å². The molecular weight excluding hydrogens is 236 g/mol. The highest BCUT2D eigenvalue weighted by molar-refractivity contribution is 5.32. The third-order valence-electron chi connectivity index (χ3n) is 3.83. The Labute approximate surface area is 116 Å². The highest BCUT2D eigenvalue weighted by Crippen LogP contribution is 2.21. The van der Waals surface area contributed by atoms with E-state index in [-0.39, 0.29) is 5.41 Å². The Balaban J connectivity index is 2.00. The lowest BCUT2D eigenvalue weighted by molar-refractivity contribution is 0.208. The monoisotopic (exact) mass is 262 g/mol. The van der Waals surface area contributed by atoms with Gasteiger partial charge < -0.3 is 4.90 Å². The first-order chi connectivity index (χ1) is 8.88.